The molecule has 0 radical (unpaired) electrons. The van der Waals surface area contributed by atoms with Crippen LogP contribution in [0.25, 0.3) is 0 Å². The van der Waals surface area contributed by atoms with Gasteiger partial charge in [0.1, 0.15) is 11.3 Å². The van der Waals surface area contributed by atoms with Crippen molar-refractivity contribution >= 4 is 23.5 Å². The van der Waals surface area contributed by atoms with Crippen LogP contribution in [0.15, 0.2) is 42.5 Å². The van der Waals surface area contributed by atoms with E-state index in [4.69, 9.17) is 21.1 Å². The molecule has 0 aliphatic heterocycles. The Hall–Kier alpha value is -2.53. The van der Waals surface area contributed by atoms with E-state index in [2.05, 4.69) is 5.32 Å². The van der Waals surface area contributed by atoms with Crippen molar-refractivity contribution in [2.45, 2.75) is 13.5 Å². The van der Waals surface area contributed by atoms with Gasteiger partial charge in [-0.15, -0.1) is 0 Å². The van der Waals surface area contributed by atoms with Crippen molar-refractivity contribution in [3.63, 3.8) is 0 Å². The van der Waals surface area contributed by atoms with Gasteiger partial charge in [-0.05, 0) is 30.7 Å². The van der Waals surface area contributed by atoms with Crippen LogP contribution in [-0.2, 0) is 16.1 Å². The molecule has 0 aromatic heterocycles. The minimum absolute atomic E-state index is 0.177. The molecular formula is C18H18ClNO4. The van der Waals surface area contributed by atoms with Gasteiger partial charge in [0.15, 0.2) is 6.61 Å². The second-order valence-electron chi connectivity index (χ2n) is 5.19. The number of amides is 1. The number of carbonyl (C=O) groups excluding carboxylic acids is 2. The lowest BCUT2D eigenvalue weighted by Gasteiger charge is -2.10. The van der Waals surface area contributed by atoms with Crippen LogP contribution in [-0.4, -0.2) is 25.6 Å². The first-order valence-electron chi connectivity index (χ1n) is 7.32. The summed E-state index contributed by atoms with van der Waals surface area (Å²) in [5.74, 6) is -0.713. The first-order valence-corrected chi connectivity index (χ1v) is 7.70. The van der Waals surface area contributed by atoms with Crippen LogP contribution in [0, 0.1) is 6.92 Å². The predicted molar refractivity (Wildman–Crippen MR) is 91.3 cm³/mol. The standard InChI is InChI=1S/C18H18ClNO4/c1-12-4-3-5-13(8-12)10-20-17(21)11-24-18(22)15-9-14(19)6-7-16(15)23-2/h3-9H,10-11H2,1-2H3,(H,20,21). The van der Waals surface area contributed by atoms with Crippen molar-refractivity contribution in [1.82, 2.24) is 5.32 Å². The molecule has 5 nitrogen and oxygen atoms in total. The number of methoxy groups -OCH3 is 1. The number of esters is 1. The van der Waals surface area contributed by atoms with E-state index in [1.54, 1.807) is 12.1 Å². The van der Waals surface area contributed by atoms with Gasteiger partial charge in [0, 0.05) is 11.6 Å². The zero-order valence-electron chi connectivity index (χ0n) is 13.5. The number of benzene rings is 2. The van der Waals surface area contributed by atoms with E-state index in [9.17, 15) is 9.59 Å². The smallest absolute Gasteiger partial charge is 0.342 e. The molecule has 0 bridgehead atoms. The van der Waals surface area contributed by atoms with Crippen molar-refractivity contribution < 1.29 is 19.1 Å². The van der Waals surface area contributed by atoms with Crippen LogP contribution < -0.4 is 10.1 Å². The highest BCUT2D eigenvalue weighted by Gasteiger charge is 2.15. The van der Waals surface area contributed by atoms with E-state index < -0.39 is 5.97 Å². The Labute approximate surface area is 145 Å². The van der Waals surface area contributed by atoms with Gasteiger partial charge in [0.05, 0.1) is 7.11 Å². The average molecular weight is 348 g/mol. The third kappa shape index (κ3) is 4.99. The number of aryl methyl sites for hydroxylation is 1. The Morgan fingerprint density at radius 1 is 1.17 bits per heavy atom. The molecule has 1 N–H and O–H groups in total. The Kier molecular flexibility index (Phi) is 6.21. The highest BCUT2D eigenvalue weighted by Crippen LogP contribution is 2.23. The lowest BCUT2D eigenvalue weighted by atomic mass is 10.1. The van der Waals surface area contributed by atoms with Gasteiger partial charge in [-0.2, -0.15) is 0 Å². The summed E-state index contributed by atoms with van der Waals surface area (Å²) < 4.78 is 10.1. The third-order valence-electron chi connectivity index (χ3n) is 3.29. The zero-order valence-corrected chi connectivity index (χ0v) is 14.2. The van der Waals surface area contributed by atoms with E-state index in [1.165, 1.54) is 13.2 Å². The quantitative estimate of drug-likeness (QED) is 0.815. The molecule has 0 aliphatic carbocycles. The highest BCUT2D eigenvalue weighted by molar-refractivity contribution is 6.31. The van der Waals surface area contributed by atoms with Crippen LogP contribution >= 0.6 is 11.6 Å². The largest absolute Gasteiger partial charge is 0.496 e. The predicted octanol–water partition coefficient (Wildman–Crippen LogP) is 3.13. The van der Waals surface area contributed by atoms with Crippen LogP contribution in [0.1, 0.15) is 21.5 Å². The SMILES string of the molecule is COc1ccc(Cl)cc1C(=O)OCC(=O)NCc1cccc(C)c1. The van der Waals surface area contributed by atoms with Crippen LogP contribution in [0.3, 0.4) is 0 Å². The molecule has 6 heteroatoms. The summed E-state index contributed by atoms with van der Waals surface area (Å²) in [4.78, 5) is 23.9. The highest BCUT2D eigenvalue weighted by atomic mass is 35.5. The molecule has 0 unspecified atom stereocenters. The van der Waals surface area contributed by atoms with Gasteiger partial charge in [0.2, 0.25) is 0 Å². The fourth-order valence-electron chi connectivity index (χ4n) is 2.12. The number of nitrogens with one attached hydrogen (secondary N) is 1. The average Bonchev–Trinajstić information content (AvgIpc) is 2.58. The molecule has 0 atom stereocenters. The molecule has 0 fully saturated rings. The maximum Gasteiger partial charge on any atom is 0.342 e. The van der Waals surface area contributed by atoms with Gasteiger partial charge in [0.25, 0.3) is 5.91 Å². The van der Waals surface area contributed by atoms with Crippen molar-refractivity contribution in [1.29, 1.82) is 0 Å². The van der Waals surface area contributed by atoms with Gasteiger partial charge in [-0.1, -0.05) is 41.4 Å². The Bertz CT molecular complexity index is 746. The summed E-state index contributed by atoms with van der Waals surface area (Å²) in [5.41, 5.74) is 2.27. The molecule has 0 heterocycles. The summed E-state index contributed by atoms with van der Waals surface area (Å²) in [6.07, 6.45) is 0. The summed E-state index contributed by atoms with van der Waals surface area (Å²) in [6.45, 7) is 1.98. The van der Waals surface area contributed by atoms with Crippen molar-refractivity contribution in [2.24, 2.45) is 0 Å². The first kappa shape index (κ1) is 17.8. The number of carbonyl (C=O) groups is 2. The molecule has 0 spiro atoms. The number of ether oxygens (including phenoxy) is 2. The molecular weight excluding hydrogens is 330 g/mol. The molecule has 24 heavy (non-hydrogen) atoms. The number of halogens is 1. The molecule has 0 saturated carbocycles. The monoisotopic (exact) mass is 347 g/mol. The summed E-state index contributed by atoms with van der Waals surface area (Å²) >= 11 is 5.87. The van der Waals surface area contributed by atoms with E-state index in [0.717, 1.165) is 11.1 Å². The number of rotatable bonds is 6. The fraction of sp³-hybridized carbons (Fsp3) is 0.222. The minimum atomic E-state index is -0.667. The van der Waals surface area contributed by atoms with Crippen LogP contribution in [0.4, 0.5) is 0 Å². The maximum absolute atomic E-state index is 12.1. The van der Waals surface area contributed by atoms with E-state index >= 15 is 0 Å². The van der Waals surface area contributed by atoms with Crippen LogP contribution in [0.5, 0.6) is 5.75 Å². The van der Waals surface area contributed by atoms with E-state index in [0.29, 0.717) is 17.3 Å². The molecule has 2 aromatic rings. The molecule has 2 aromatic carbocycles. The number of hydrogen-bond acceptors (Lipinski definition) is 4. The fourth-order valence-corrected chi connectivity index (χ4v) is 2.29. The second-order valence-corrected chi connectivity index (χ2v) is 5.62. The Balaban J connectivity index is 1.87. The summed E-state index contributed by atoms with van der Waals surface area (Å²) in [7, 11) is 1.44. The molecule has 2 rings (SSSR count). The van der Waals surface area contributed by atoms with E-state index in [-0.39, 0.29) is 18.1 Å². The summed E-state index contributed by atoms with van der Waals surface area (Å²) in [5, 5.41) is 3.08. The topological polar surface area (TPSA) is 64.6 Å². The van der Waals surface area contributed by atoms with Gasteiger partial charge in [-0.25, -0.2) is 4.79 Å². The maximum atomic E-state index is 12.1. The molecule has 0 aliphatic rings. The Morgan fingerprint density at radius 3 is 2.67 bits per heavy atom. The molecule has 0 saturated heterocycles. The van der Waals surface area contributed by atoms with Crippen LogP contribution in [0.2, 0.25) is 5.02 Å². The van der Waals surface area contributed by atoms with Crippen molar-refractivity contribution in [3.05, 3.63) is 64.2 Å². The van der Waals surface area contributed by atoms with Gasteiger partial charge < -0.3 is 14.8 Å². The van der Waals surface area contributed by atoms with Gasteiger partial charge in [-0.3, -0.25) is 4.79 Å². The molecule has 126 valence electrons. The summed E-state index contributed by atoms with van der Waals surface area (Å²) in [6, 6.07) is 12.4. The Morgan fingerprint density at radius 2 is 1.96 bits per heavy atom. The third-order valence-corrected chi connectivity index (χ3v) is 3.52. The minimum Gasteiger partial charge on any atom is -0.496 e. The van der Waals surface area contributed by atoms with Crippen molar-refractivity contribution in [3.8, 4) is 5.75 Å². The molecule has 1 amide bonds. The van der Waals surface area contributed by atoms with Gasteiger partial charge >= 0.3 is 5.97 Å². The zero-order chi connectivity index (χ0) is 17.5. The first-order chi connectivity index (χ1) is 11.5. The lowest BCUT2D eigenvalue weighted by Crippen LogP contribution is -2.28. The number of hydrogen-bond donors (Lipinski definition) is 1. The van der Waals surface area contributed by atoms with E-state index in [1.807, 2.05) is 31.2 Å². The normalized spacial score (nSPS) is 10.1. The lowest BCUT2D eigenvalue weighted by molar-refractivity contribution is -0.124. The van der Waals surface area contributed by atoms with Crippen molar-refractivity contribution in [2.75, 3.05) is 13.7 Å². The second kappa shape index (κ2) is 8.36.